The van der Waals surface area contributed by atoms with Gasteiger partial charge < -0.3 is 9.15 Å². The van der Waals surface area contributed by atoms with Crippen LogP contribution in [0.25, 0.3) is 11.3 Å². The number of furan rings is 1. The number of benzene rings is 2. The number of hydrazone groups is 1. The molecule has 0 bridgehead atoms. The highest BCUT2D eigenvalue weighted by Gasteiger charge is 2.16. The van der Waals surface area contributed by atoms with Gasteiger partial charge in [-0.1, -0.05) is 12.1 Å². The molecule has 3 rings (SSSR count). The number of nitrogens with one attached hydrogen (secondary N) is 1. The lowest BCUT2D eigenvalue weighted by Crippen LogP contribution is -2.17. The summed E-state index contributed by atoms with van der Waals surface area (Å²) < 4.78 is 11.7. The molecule has 2 aromatic carbocycles. The average molecular weight is 491 g/mol. The summed E-state index contributed by atoms with van der Waals surface area (Å²) in [5.41, 5.74) is 3.11. The van der Waals surface area contributed by atoms with E-state index in [1.54, 1.807) is 48.5 Å². The number of ether oxygens (including phenoxy) is 1. The molecule has 9 heteroatoms. The van der Waals surface area contributed by atoms with Crippen molar-refractivity contribution in [1.29, 1.82) is 0 Å². The van der Waals surface area contributed by atoms with Gasteiger partial charge in [0.1, 0.15) is 17.3 Å². The van der Waals surface area contributed by atoms with Crippen molar-refractivity contribution in [3.8, 4) is 17.1 Å². The summed E-state index contributed by atoms with van der Waals surface area (Å²) >= 11 is 2.11. The number of halogens is 1. The Hall–Kier alpha value is -3.21. The Morgan fingerprint density at radius 3 is 2.79 bits per heavy atom. The van der Waals surface area contributed by atoms with Gasteiger partial charge in [-0.3, -0.25) is 14.9 Å². The zero-order chi connectivity index (χ0) is 20.1. The maximum Gasteiger partial charge on any atom is 0.280 e. The molecule has 8 nitrogen and oxygen atoms in total. The summed E-state index contributed by atoms with van der Waals surface area (Å²) in [5, 5.41) is 15.0. The smallest absolute Gasteiger partial charge is 0.280 e. The summed E-state index contributed by atoms with van der Waals surface area (Å²) in [6.07, 6.45) is 1.32. The molecule has 0 saturated carbocycles. The second-order valence-electron chi connectivity index (χ2n) is 5.52. The third-order valence-electron chi connectivity index (χ3n) is 3.76. The predicted octanol–water partition coefficient (Wildman–Crippen LogP) is 4.23. The third kappa shape index (κ3) is 4.36. The zero-order valence-corrected chi connectivity index (χ0v) is 16.7. The minimum Gasteiger partial charge on any atom is -0.496 e. The van der Waals surface area contributed by atoms with Gasteiger partial charge in [0.2, 0.25) is 0 Å². The summed E-state index contributed by atoms with van der Waals surface area (Å²) in [6.45, 7) is 0. The van der Waals surface area contributed by atoms with Gasteiger partial charge in [-0.2, -0.15) is 5.10 Å². The lowest BCUT2D eigenvalue weighted by molar-refractivity contribution is -0.384. The molecular weight excluding hydrogens is 477 g/mol. The van der Waals surface area contributed by atoms with E-state index in [0.29, 0.717) is 28.4 Å². The van der Waals surface area contributed by atoms with Crippen LogP contribution >= 0.6 is 22.6 Å². The average Bonchev–Trinajstić information content (AvgIpc) is 3.17. The van der Waals surface area contributed by atoms with Gasteiger partial charge in [0, 0.05) is 11.6 Å². The summed E-state index contributed by atoms with van der Waals surface area (Å²) in [6, 6.07) is 14.5. The molecule has 0 atom stereocenters. The number of carbonyl (C=O) groups excluding carboxylic acids is 1. The molecule has 1 heterocycles. The Balaban J connectivity index is 1.71. The van der Waals surface area contributed by atoms with Crippen LogP contribution in [-0.4, -0.2) is 24.2 Å². The number of amides is 1. The highest BCUT2D eigenvalue weighted by Crippen LogP contribution is 2.30. The van der Waals surface area contributed by atoms with E-state index in [-0.39, 0.29) is 5.69 Å². The second-order valence-corrected chi connectivity index (χ2v) is 6.69. The minimum atomic E-state index is -0.471. The largest absolute Gasteiger partial charge is 0.496 e. The first kappa shape index (κ1) is 19.5. The fraction of sp³-hybridized carbons (Fsp3) is 0.0526. The molecule has 3 aromatic rings. The number of rotatable bonds is 6. The van der Waals surface area contributed by atoms with Crippen molar-refractivity contribution in [1.82, 2.24) is 5.43 Å². The summed E-state index contributed by atoms with van der Waals surface area (Å²) in [7, 11) is 1.53. The highest BCUT2D eigenvalue weighted by atomic mass is 127. The molecule has 28 heavy (non-hydrogen) atoms. The molecule has 1 N–H and O–H groups in total. The normalized spacial score (nSPS) is 10.8. The first-order chi connectivity index (χ1) is 13.5. The van der Waals surface area contributed by atoms with Gasteiger partial charge in [-0.25, -0.2) is 5.43 Å². The molecule has 0 spiro atoms. The first-order valence-corrected chi connectivity index (χ1v) is 9.08. The van der Waals surface area contributed by atoms with Crippen LogP contribution in [0.5, 0.6) is 5.75 Å². The van der Waals surface area contributed by atoms with Crippen molar-refractivity contribution < 1.29 is 18.9 Å². The summed E-state index contributed by atoms with van der Waals surface area (Å²) in [5.74, 6) is 0.866. The van der Waals surface area contributed by atoms with Gasteiger partial charge in [0.25, 0.3) is 11.6 Å². The van der Waals surface area contributed by atoms with Crippen LogP contribution in [0.2, 0.25) is 0 Å². The van der Waals surface area contributed by atoms with Crippen LogP contribution in [-0.2, 0) is 0 Å². The molecule has 0 unspecified atom stereocenters. The maximum atomic E-state index is 12.2. The van der Waals surface area contributed by atoms with Crippen LogP contribution < -0.4 is 10.2 Å². The highest BCUT2D eigenvalue weighted by molar-refractivity contribution is 14.1. The maximum absolute atomic E-state index is 12.2. The van der Waals surface area contributed by atoms with Gasteiger partial charge in [0.05, 0.1) is 27.4 Å². The van der Waals surface area contributed by atoms with Gasteiger partial charge in [-0.15, -0.1) is 0 Å². The number of nitro groups is 1. The van der Waals surface area contributed by atoms with Crippen molar-refractivity contribution in [2.45, 2.75) is 0 Å². The number of methoxy groups -OCH3 is 1. The van der Waals surface area contributed by atoms with Gasteiger partial charge >= 0.3 is 0 Å². The van der Waals surface area contributed by atoms with Gasteiger partial charge in [-0.05, 0) is 59.0 Å². The standard InChI is InChI=1S/C19H14IN3O5/c1-27-18-10-12(6-8-15(18)20)19(24)22-21-11-13-7-9-17(28-13)14-4-2-3-5-16(14)23(25)26/h2-11H,1H3,(H,22,24)/b21-11+. The fourth-order valence-electron chi connectivity index (χ4n) is 2.43. The van der Waals surface area contributed by atoms with Gasteiger partial charge in [0.15, 0.2) is 0 Å². The van der Waals surface area contributed by atoms with Crippen LogP contribution in [0.1, 0.15) is 16.1 Å². The molecule has 0 aliphatic rings. The lowest BCUT2D eigenvalue weighted by atomic mass is 10.1. The topological polar surface area (TPSA) is 107 Å². The SMILES string of the molecule is COc1cc(C(=O)N/N=C/c2ccc(-c3ccccc3[N+](=O)[O-])o2)ccc1I. The number of nitro benzene ring substituents is 1. The molecule has 0 fully saturated rings. The van der Waals surface area contributed by atoms with E-state index in [1.807, 2.05) is 0 Å². The quantitative estimate of drug-likeness (QED) is 0.240. The van der Waals surface area contributed by atoms with E-state index < -0.39 is 10.8 Å². The lowest BCUT2D eigenvalue weighted by Gasteiger charge is -2.05. The van der Waals surface area contributed by atoms with Crippen LogP contribution in [0.3, 0.4) is 0 Å². The fourth-order valence-corrected chi connectivity index (χ4v) is 2.98. The van der Waals surface area contributed by atoms with E-state index in [2.05, 4.69) is 33.1 Å². The van der Waals surface area contributed by atoms with Crippen molar-refractivity contribution >= 4 is 40.4 Å². The summed E-state index contributed by atoms with van der Waals surface area (Å²) in [4.78, 5) is 22.8. The van der Waals surface area contributed by atoms with Crippen LogP contribution in [0.15, 0.2) is 64.1 Å². The van der Waals surface area contributed by atoms with E-state index in [1.165, 1.54) is 19.4 Å². The minimum absolute atomic E-state index is 0.0544. The number of nitrogens with zero attached hydrogens (tertiary/aromatic N) is 2. The van der Waals surface area contributed by atoms with Crippen LogP contribution in [0, 0.1) is 13.7 Å². The molecule has 1 aromatic heterocycles. The van der Waals surface area contributed by atoms with E-state index in [0.717, 1.165) is 3.57 Å². The van der Waals surface area contributed by atoms with E-state index in [4.69, 9.17) is 9.15 Å². The Morgan fingerprint density at radius 2 is 2.04 bits per heavy atom. The number of hydrogen-bond acceptors (Lipinski definition) is 6. The monoisotopic (exact) mass is 491 g/mol. The van der Waals surface area contributed by atoms with E-state index in [9.17, 15) is 14.9 Å². The van der Waals surface area contributed by atoms with Crippen LogP contribution in [0.4, 0.5) is 5.69 Å². The molecule has 0 aliphatic carbocycles. The van der Waals surface area contributed by atoms with Crippen molar-refractivity contribution in [3.05, 3.63) is 79.6 Å². The number of para-hydroxylation sites is 1. The second kappa shape index (κ2) is 8.65. The molecule has 0 radical (unpaired) electrons. The molecular formula is C19H14IN3O5. The van der Waals surface area contributed by atoms with E-state index >= 15 is 0 Å². The molecule has 0 aliphatic heterocycles. The zero-order valence-electron chi connectivity index (χ0n) is 14.6. The Labute approximate surface area is 173 Å². The molecule has 0 saturated heterocycles. The van der Waals surface area contributed by atoms with Crippen molar-refractivity contribution in [3.63, 3.8) is 0 Å². The molecule has 142 valence electrons. The van der Waals surface area contributed by atoms with Crippen molar-refractivity contribution in [2.24, 2.45) is 5.10 Å². The molecule has 1 amide bonds. The number of hydrogen-bond donors (Lipinski definition) is 1. The first-order valence-electron chi connectivity index (χ1n) is 8.00. The third-order valence-corrected chi connectivity index (χ3v) is 4.66. The Morgan fingerprint density at radius 1 is 1.25 bits per heavy atom. The predicted molar refractivity (Wildman–Crippen MR) is 112 cm³/mol. The Kier molecular flexibility index (Phi) is 6.04. The Bertz CT molecular complexity index is 1060. The van der Waals surface area contributed by atoms with Crippen molar-refractivity contribution in [2.75, 3.05) is 7.11 Å². The number of carbonyl (C=O) groups is 1.